The Bertz CT molecular complexity index is 1010. The van der Waals surface area contributed by atoms with Crippen LogP contribution in [0.4, 0.5) is 17.6 Å². The fraction of sp³-hybridized carbons (Fsp3) is 0.333. The summed E-state index contributed by atoms with van der Waals surface area (Å²) in [6, 6.07) is 6.15. The number of carbonyl (C=O) groups is 1. The lowest BCUT2D eigenvalue weighted by Gasteiger charge is -2.32. The first-order valence-corrected chi connectivity index (χ1v) is 8.65. The van der Waals surface area contributed by atoms with E-state index in [0.717, 1.165) is 12.4 Å². The molecule has 1 aliphatic heterocycles. The number of aromatic nitrogens is 4. The summed E-state index contributed by atoms with van der Waals surface area (Å²) in [7, 11) is 0. The smallest absolute Gasteiger partial charge is 0.338 e. The Labute approximate surface area is 156 Å². The van der Waals surface area contributed by atoms with Gasteiger partial charge in [0.1, 0.15) is 12.1 Å². The van der Waals surface area contributed by atoms with Gasteiger partial charge in [-0.2, -0.15) is 27.8 Å². The van der Waals surface area contributed by atoms with E-state index >= 15 is 0 Å². The SMILES string of the molecule is O=C(c1ccc(F)cc1)N1CCCC(c2cc(C(F)(F)F)n3ncnc3n2)C1. The standard InChI is InChI=1S/C18H15F4N5O/c19-13-5-3-11(4-6-13)16(28)26-7-1-2-12(9-26)14-8-15(18(20,21)22)27-17(25-14)23-10-24-27/h3-6,8,10,12H,1-2,7,9H2. The second-order valence-corrected chi connectivity index (χ2v) is 6.63. The Morgan fingerprint density at radius 1 is 1.18 bits per heavy atom. The van der Waals surface area contributed by atoms with Crippen LogP contribution in [0.15, 0.2) is 36.7 Å². The van der Waals surface area contributed by atoms with Crippen molar-refractivity contribution in [1.29, 1.82) is 0 Å². The van der Waals surface area contributed by atoms with E-state index in [1.54, 1.807) is 4.90 Å². The molecule has 10 heteroatoms. The van der Waals surface area contributed by atoms with Gasteiger partial charge in [0, 0.05) is 24.6 Å². The number of likely N-dealkylation sites (tertiary alicyclic amines) is 1. The van der Waals surface area contributed by atoms with Gasteiger partial charge in [-0.05, 0) is 43.2 Å². The highest BCUT2D eigenvalue weighted by Gasteiger charge is 2.36. The molecule has 1 amide bonds. The molecule has 28 heavy (non-hydrogen) atoms. The molecule has 146 valence electrons. The number of fused-ring (bicyclic) bond motifs is 1. The number of piperidine rings is 1. The average molecular weight is 393 g/mol. The fourth-order valence-corrected chi connectivity index (χ4v) is 3.42. The van der Waals surface area contributed by atoms with Crippen LogP contribution in [0.1, 0.15) is 40.5 Å². The van der Waals surface area contributed by atoms with E-state index in [-0.39, 0.29) is 29.8 Å². The number of hydrogen-bond donors (Lipinski definition) is 0. The monoisotopic (exact) mass is 393 g/mol. The van der Waals surface area contributed by atoms with Crippen molar-refractivity contribution in [3.8, 4) is 0 Å². The Hall–Kier alpha value is -3.04. The molecule has 3 aromatic rings. The van der Waals surface area contributed by atoms with Crippen LogP contribution in [-0.4, -0.2) is 43.5 Å². The quantitative estimate of drug-likeness (QED) is 0.627. The van der Waals surface area contributed by atoms with Crippen molar-refractivity contribution in [1.82, 2.24) is 24.5 Å². The number of halogens is 4. The largest absolute Gasteiger partial charge is 0.433 e. The first-order valence-electron chi connectivity index (χ1n) is 8.65. The summed E-state index contributed by atoms with van der Waals surface area (Å²) in [5, 5.41) is 3.59. The Morgan fingerprint density at radius 3 is 2.64 bits per heavy atom. The first kappa shape index (κ1) is 18.3. The third-order valence-corrected chi connectivity index (χ3v) is 4.78. The van der Waals surface area contributed by atoms with Crippen molar-refractivity contribution in [2.45, 2.75) is 24.9 Å². The van der Waals surface area contributed by atoms with Crippen molar-refractivity contribution >= 4 is 11.7 Å². The molecule has 2 aromatic heterocycles. The zero-order chi connectivity index (χ0) is 19.9. The number of alkyl halides is 3. The fourth-order valence-electron chi connectivity index (χ4n) is 3.42. The lowest BCUT2D eigenvalue weighted by molar-refractivity contribution is -0.142. The van der Waals surface area contributed by atoms with Crippen molar-refractivity contribution in [2.24, 2.45) is 0 Å². The second-order valence-electron chi connectivity index (χ2n) is 6.63. The van der Waals surface area contributed by atoms with E-state index in [1.165, 1.54) is 24.3 Å². The molecule has 0 bridgehead atoms. The minimum absolute atomic E-state index is 0.133. The van der Waals surface area contributed by atoms with Gasteiger partial charge < -0.3 is 4.90 Å². The number of benzene rings is 1. The van der Waals surface area contributed by atoms with E-state index < -0.39 is 17.7 Å². The molecule has 1 aliphatic rings. The molecule has 4 rings (SSSR count). The lowest BCUT2D eigenvalue weighted by atomic mass is 9.93. The van der Waals surface area contributed by atoms with Crippen molar-refractivity contribution in [2.75, 3.05) is 13.1 Å². The van der Waals surface area contributed by atoms with Gasteiger partial charge in [-0.25, -0.2) is 9.37 Å². The summed E-state index contributed by atoms with van der Waals surface area (Å²) in [6.45, 7) is 0.705. The molecule has 1 saturated heterocycles. The van der Waals surface area contributed by atoms with Crippen LogP contribution >= 0.6 is 0 Å². The maximum Gasteiger partial charge on any atom is 0.433 e. The molecule has 0 saturated carbocycles. The highest BCUT2D eigenvalue weighted by molar-refractivity contribution is 5.94. The van der Waals surface area contributed by atoms with Gasteiger partial charge in [-0.3, -0.25) is 4.79 Å². The molecule has 1 unspecified atom stereocenters. The van der Waals surface area contributed by atoms with Crippen molar-refractivity contribution < 1.29 is 22.4 Å². The highest BCUT2D eigenvalue weighted by atomic mass is 19.4. The maximum atomic E-state index is 13.4. The van der Waals surface area contributed by atoms with Gasteiger partial charge in [0.2, 0.25) is 0 Å². The van der Waals surface area contributed by atoms with Crippen LogP contribution in [0.25, 0.3) is 5.78 Å². The summed E-state index contributed by atoms with van der Waals surface area (Å²) < 4.78 is 53.9. The van der Waals surface area contributed by atoms with Crippen LogP contribution < -0.4 is 0 Å². The van der Waals surface area contributed by atoms with Gasteiger partial charge in [-0.1, -0.05) is 0 Å². The van der Waals surface area contributed by atoms with Crippen LogP contribution in [0.3, 0.4) is 0 Å². The summed E-state index contributed by atoms with van der Waals surface area (Å²) in [5.41, 5.74) is -0.393. The summed E-state index contributed by atoms with van der Waals surface area (Å²) in [6.07, 6.45) is -2.37. The lowest BCUT2D eigenvalue weighted by Crippen LogP contribution is -2.39. The minimum Gasteiger partial charge on any atom is -0.338 e. The van der Waals surface area contributed by atoms with Crippen LogP contribution in [0.5, 0.6) is 0 Å². The number of nitrogens with zero attached hydrogens (tertiary/aromatic N) is 5. The normalized spacial score (nSPS) is 17.9. The molecule has 0 aliphatic carbocycles. The topological polar surface area (TPSA) is 63.4 Å². The van der Waals surface area contributed by atoms with Crippen LogP contribution in [0, 0.1) is 5.82 Å². The van der Waals surface area contributed by atoms with E-state index in [0.29, 0.717) is 29.5 Å². The van der Waals surface area contributed by atoms with Crippen LogP contribution in [0.2, 0.25) is 0 Å². The van der Waals surface area contributed by atoms with Gasteiger partial charge >= 0.3 is 6.18 Å². The summed E-state index contributed by atoms with van der Waals surface area (Å²) >= 11 is 0. The third kappa shape index (κ3) is 3.41. The maximum absolute atomic E-state index is 13.4. The number of carbonyl (C=O) groups excluding carboxylic acids is 1. The molecule has 3 heterocycles. The molecular formula is C18H15F4N5O. The summed E-state index contributed by atoms with van der Waals surface area (Å²) in [5.74, 6) is -1.23. The molecule has 0 N–H and O–H groups in total. The zero-order valence-electron chi connectivity index (χ0n) is 14.5. The molecule has 0 radical (unpaired) electrons. The zero-order valence-corrected chi connectivity index (χ0v) is 14.5. The molecule has 1 fully saturated rings. The van der Waals surface area contributed by atoms with E-state index in [2.05, 4.69) is 15.1 Å². The predicted octanol–water partition coefficient (Wildman–Crippen LogP) is 3.30. The predicted molar refractivity (Wildman–Crippen MR) is 90.1 cm³/mol. The van der Waals surface area contributed by atoms with Crippen LogP contribution in [-0.2, 0) is 6.18 Å². The molecule has 1 atom stereocenters. The number of rotatable bonds is 2. The van der Waals surface area contributed by atoms with E-state index in [4.69, 9.17) is 0 Å². The number of hydrogen-bond acceptors (Lipinski definition) is 4. The molecule has 0 spiro atoms. The second kappa shape index (κ2) is 6.84. The van der Waals surface area contributed by atoms with Gasteiger partial charge in [0.15, 0.2) is 5.69 Å². The molecule has 1 aromatic carbocycles. The average Bonchev–Trinajstić information content (AvgIpc) is 3.15. The molecule has 6 nitrogen and oxygen atoms in total. The Balaban J connectivity index is 1.63. The van der Waals surface area contributed by atoms with Crippen molar-refractivity contribution in [3.05, 3.63) is 59.4 Å². The summed E-state index contributed by atoms with van der Waals surface area (Å²) in [4.78, 5) is 22.2. The van der Waals surface area contributed by atoms with Crippen molar-refractivity contribution in [3.63, 3.8) is 0 Å². The van der Waals surface area contributed by atoms with E-state index in [1.807, 2.05) is 0 Å². The van der Waals surface area contributed by atoms with Gasteiger partial charge in [0.25, 0.3) is 11.7 Å². The highest BCUT2D eigenvalue weighted by Crippen LogP contribution is 2.33. The van der Waals surface area contributed by atoms with Gasteiger partial charge in [-0.15, -0.1) is 0 Å². The first-order chi connectivity index (χ1) is 13.3. The third-order valence-electron chi connectivity index (χ3n) is 4.78. The minimum atomic E-state index is -4.61. The number of amides is 1. The van der Waals surface area contributed by atoms with Gasteiger partial charge in [0.05, 0.1) is 5.69 Å². The Morgan fingerprint density at radius 2 is 1.93 bits per heavy atom. The Kier molecular flexibility index (Phi) is 4.48. The van der Waals surface area contributed by atoms with E-state index in [9.17, 15) is 22.4 Å². The molecular weight excluding hydrogens is 378 g/mol.